The Morgan fingerprint density at radius 2 is 2.27 bits per heavy atom. The second kappa shape index (κ2) is 6.65. The molecule has 0 saturated carbocycles. The molecule has 0 rings (SSSR count). The van der Waals surface area contributed by atoms with Gasteiger partial charge in [-0.2, -0.15) is 0 Å². The molecule has 0 aromatic rings. The van der Waals surface area contributed by atoms with Gasteiger partial charge in [0.2, 0.25) is 0 Å². The summed E-state index contributed by atoms with van der Waals surface area (Å²) >= 11 is 5.53. The molecule has 3 heteroatoms. The standard InChI is InChI=1S/C8H17ClN2/c1-3-11(5-4-10)7-8(2)6-9/h6H,3-5,7,10H2,1-2H3. The fourth-order valence-electron chi connectivity index (χ4n) is 0.919. The molecular formula is C8H17ClN2. The number of nitrogens with zero attached hydrogens (tertiary/aromatic N) is 1. The first kappa shape index (κ1) is 11.0. The first-order valence-electron chi connectivity index (χ1n) is 3.92. The van der Waals surface area contributed by atoms with Gasteiger partial charge in [-0.3, -0.25) is 4.90 Å². The van der Waals surface area contributed by atoms with Crippen LogP contribution in [0.15, 0.2) is 11.1 Å². The lowest BCUT2D eigenvalue weighted by Crippen LogP contribution is -2.30. The van der Waals surface area contributed by atoms with Gasteiger partial charge in [0, 0.05) is 25.2 Å². The first-order chi connectivity index (χ1) is 5.24. The zero-order valence-corrected chi connectivity index (χ0v) is 8.06. The van der Waals surface area contributed by atoms with Crippen molar-refractivity contribution in [2.24, 2.45) is 5.73 Å². The van der Waals surface area contributed by atoms with Crippen molar-refractivity contribution in [1.29, 1.82) is 0 Å². The third-order valence-corrected chi connectivity index (χ3v) is 1.92. The van der Waals surface area contributed by atoms with Gasteiger partial charge in [0.1, 0.15) is 0 Å². The zero-order chi connectivity index (χ0) is 8.69. The van der Waals surface area contributed by atoms with Gasteiger partial charge in [0.05, 0.1) is 0 Å². The Bertz CT molecular complexity index is 123. The van der Waals surface area contributed by atoms with Gasteiger partial charge in [-0.25, -0.2) is 0 Å². The summed E-state index contributed by atoms with van der Waals surface area (Å²) in [6.45, 7) is 7.75. The van der Waals surface area contributed by atoms with Crippen molar-refractivity contribution in [3.8, 4) is 0 Å². The van der Waals surface area contributed by atoms with Gasteiger partial charge in [-0.1, -0.05) is 18.5 Å². The van der Waals surface area contributed by atoms with Crippen molar-refractivity contribution >= 4 is 11.6 Å². The van der Waals surface area contributed by atoms with Crippen molar-refractivity contribution in [1.82, 2.24) is 4.90 Å². The minimum Gasteiger partial charge on any atom is -0.329 e. The van der Waals surface area contributed by atoms with E-state index in [2.05, 4.69) is 11.8 Å². The summed E-state index contributed by atoms with van der Waals surface area (Å²) in [5.74, 6) is 0. The summed E-state index contributed by atoms with van der Waals surface area (Å²) in [4.78, 5) is 2.26. The van der Waals surface area contributed by atoms with Crippen LogP contribution in [0, 0.1) is 0 Å². The van der Waals surface area contributed by atoms with Gasteiger partial charge in [0.15, 0.2) is 0 Å². The molecule has 0 fully saturated rings. The van der Waals surface area contributed by atoms with E-state index in [-0.39, 0.29) is 0 Å². The minimum absolute atomic E-state index is 0.712. The lowest BCUT2D eigenvalue weighted by Gasteiger charge is -2.18. The summed E-state index contributed by atoms with van der Waals surface area (Å²) in [6, 6.07) is 0. The summed E-state index contributed by atoms with van der Waals surface area (Å²) in [5, 5.41) is 0. The average Bonchev–Trinajstić information content (AvgIpc) is 2.03. The maximum absolute atomic E-state index is 5.53. The van der Waals surface area contributed by atoms with Crippen LogP contribution in [0.5, 0.6) is 0 Å². The highest BCUT2D eigenvalue weighted by atomic mass is 35.5. The molecule has 0 bridgehead atoms. The quantitative estimate of drug-likeness (QED) is 0.687. The Morgan fingerprint density at radius 1 is 1.64 bits per heavy atom. The molecule has 0 spiro atoms. The minimum atomic E-state index is 0.712. The molecule has 0 unspecified atom stereocenters. The lowest BCUT2D eigenvalue weighted by atomic mass is 10.3. The molecule has 0 radical (unpaired) electrons. The van der Waals surface area contributed by atoms with Gasteiger partial charge < -0.3 is 5.73 Å². The molecule has 0 amide bonds. The molecule has 0 aliphatic carbocycles. The molecular weight excluding hydrogens is 160 g/mol. The predicted octanol–water partition coefficient (Wildman–Crippen LogP) is 1.41. The molecule has 2 nitrogen and oxygen atoms in total. The Kier molecular flexibility index (Phi) is 6.62. The van der Waals surface area contributed by atoms with Crippen LogP contribution in [0.2, 0.25) is 0 Å². The number of likely N-dealkylation sites (N-methyl/N-ethyl adjacent to an activating group) is 1. The second-order valence-corrected chi connectivity index (χ2v) is 2.83. The molecule has 2 N–H and O–H groups in total. The molecule has 0 saturated heterocycles. The Hall–Kier alpha value is -0.0500. The number of rotatable bonds is 5. The molecule has 0 aromatic carbocycles. The van der Waals surface area contributed by atoms with Crippen LogP contribution in [0.4, 0.5) is 0 Å². The summed E-state index contributed by atoms with van der Waals surface area (Å²) < 4.78 is 0. The Balaban J connectivity index is 3.68. The molecule has 0 heterocycles. The number of hydrogen-bond donors (Lipinski definition) is 1. The molecule has 0 atom stereocenters. The van der Waals surface area contributed by atoms with E-state index < -0.39 is 0 Å². The van der Waals surface area contributed by atoms with Crippen molar-refractivity contribution in [3.05, 3.63) is 11.1 Å². The van der Waals surface area contributed by atoms with Gasteiger partial charge in [0.25, 0.3) is 0 Å². The molecule has 66 valence electrons. The monoisotopic (exact) mass is 176 g/mol. The molecule has 11 heavy (non-hydrogen) atoms. The van der Waals surface area contributed by atoms with Crippen LogP contribution in [0.25, 0.3) is 0 Å². The van der Waals surface area contributed by atoms with Crippen molar-refractivity contribution in [3.63, 3.8) is 0 Å². The lowest BCUT2D eigenvalue weighted by molar-refractivity contribution is 0.321. The van der Waals surface area contributed by atoms with E-state index in [9.17, 15) is 0 Å². The fraction of sp³-hybridized carbons (Fsp3) is 0.750. The van der Waals surface area contributed by atoms with E-state index in [1.54, 1.807) is 5.54 Å². The topological polar surface area (TPSA) is 29.3 Å². The van der Waals surface area contributed by atoms with Crippen molar-refractivity contribution in [2.45, 2.75) is 13.8 Å². The van der Waals surface area contributed by atoms with E-state index in [0.29, 0.717) is 6.54 Å². The first-order valence-corrected chi connectivity index (χ1v) is 4.36. The summed E-state index contributed by atoms with van der Waals surface area (Å²) in [7, 11) is 0. The van der Waals surface area contributed by atoms with E-state index in [1.165, 1.54) is 5.57 Å². The highest BCUT2D eigenvalue weighted by Gasteiger charge is 2.00. The second-order valence-electron chi connectivity index (χ2n) is 2.61. The predicted molar refractivity (Wildman–Crippen MR) is 50.8 cm³/mol. The highest BCUT2D eigenvalue weighted by Crippen LogP contribution is 1.98. The number of halogens is 1. The molecule has 0 aliphatic heterocycles. The Morgan fingerprint density at radius 3 is 2.64 bits per heavy atom. The normalized spacial score (nSPS) is 12.6. The summed E-state index contributed by atoms with van der Waals surface area (Å²) in [5.41, 5.74) is 8.23. The maximum Gasteiger partial charge on any atom is 0.0202 e. The maximum atomic E-state index is 5.53. The zero-order valence-electron chi connectivity index (χ0n) is 7.31. The smallest absolute Gasteiger partial charge is 0.0202 e. The Labute approximate surface area is 74.0 Å². The van der Waals surface area contributed by atoms with E-state index >= 15 is 0 Å². The SMILES string of the molecule is CCN(CCN)CC(C)=CCl. The largest absolute Gasteiger partial charge is 0.329 e. The van der Waals surface area contributed by atoms with Crippen LogP contribution in [-0.2, 0) is 0 Å². The van der Waals surface area contributed by atoms with E-state index in [4.69, 9.17) is 17.3 Å². The van der Waals surface area contributed by atoms with Crippen molar-refractivity contribution in [2.75, 3.05) is 26.2 Å². The number of hydrogen-bond acceptors (Lipinski definition) is 2. The average molecular weight is 177 g/mol. The van der Waals surface area contributed by atoms with Crippen LogP contribution in [-0.4, -0.2) is 31.1 Å². The van der Waals surface area contributed by atoms with Crippen LogP contribution >= 0.6 is 11.6 Å². The van der Waals surface area contributed by atoms with Gasteiger partial charge >= 0.3 is 0 Å². The van der Waals surface area contributed by atoms with Crippen LogP contribution < -0.4 is 5.73 Å². The highest BCUT2D eigenvalue weighted by molar-refractivity contribution is 6.25. The third kappa shape index (κ3) is 5.24. The van der Waals surface area contributed by atoms with Crippen LogP contribution in [0.1, 0.15) is 13.8 Å². The van der Waals surface area contributed by atoms with Crippen LogP contribution in [0.3, 0.4) is 0 Å². The summed E-state index contributed by atoms with van der Waals surface area (Å²) in [6.07, 6.45) is 0. The van der Waals surface area contributed by atoms with E-state index in [1.807, 2.05) is 6.92 Å². The van der Waals surface area contributed by atoms with Gasteiger partial charge in [-0.15, -0.1) is 0 Å². The fourth-order valence-corrected chi connectivity index (χ4v) is 0.988. The van der Waals surface area contributed by atoms with Crippen molar-refractivity contribution < 1.29 is 0 Å². The molecule has 0 aromatic heterocycles. The van der Waals surface area contributed by atoms with E-state index in [0.717, 1.165) is 19.6 Å². The number of nitrogens with two attached hydrogens (primary N) is 1. The third-order valence-electron chi connectivity index (χ3n) is 1.55. The van der Waals surface area contributed by atoms with Gasteiger partial charge in [-0.05, 0) is 19.0 Å². The molecule has 0 aliphatic rings.